The molecule has 0 aromatic heterocycles. The minimum Gasteiger partial charge on any atom is -0.352 e. The number of rotatable bonds is 4. The van der Waals surface area contributed by atoms with E-state index < -0.39 is 5.92 Å². The maximum absolute atomic E-state index is 11.4. The number of carbonyl (C=O) groups is 2. The van der Waals surface area contributed by atoms with E-state index in [-0.39, 0.29) is 24.4 Å². The third kappa shape index (κ3) is 5.01. The summed E-state index contributed by atoms with van der Waals surface area (Å²) in [5, 5.41) is 11.2. The first-order chi connectivity index (χ1) is 6.88. The predicted octanol–water partition coefficient (Wildman–Crippen LogP) is 0.129. The predicted molar refractivity (Wildman–Crippen MR) is 55.7 cm³/mol. The smallest absolute Gasteiger partial charge is 0.239 e. The van der Waals surface area contributed by atoms with Crippen molar-refractivity contribution >= 4 is 11.8 Å². The van der Waals surface area contributed by atoms with Gasteiger partial charge in [-0.15, -0.1) is 0 Å². The van der Waals surface area contributed by atoms with Crippen LogP contribution >= 0.6 is 0 Å². The molecule has 0 fully saturated rings. The average molecular weight is 211 g/mol. The molecule has 1 N–H and O–H groups in total. The maximum atomic E-state index is 11.4. The molecule has 15 heavy (non-hydrogen) atoms. The Bertz CT molecular complexity index is 281. The molecule has 5 nitrogen and oxygen atoms in total. The minimum absolute atomic E-state index is 0.0109. The molecular formula is C10H17N3O2. The zero-order valence-electron chi connectivity index (χ0n) is 9.57. The van der Waals surface area contributed by atoms with E-state index in [1.807, 2.05) is 19.9 Å². The SMILES string of the molecule is CC(C)NC(=O)CN(C)C(=O)C(C)C#N. The molecule has 0 saturated carbocycles. The zero-order valence-corrected chi connectivity index (χ0v) is 9.57. The van der Waals surface area contributed by atoms with Gasteiger partial charge in [-0.1, -0.05) is 0 Å². The summed E-state index contributed by atoms with van der Waals surface area (Å²) in [6.07, 6.45) is 0. The number of likely N-dealkylation sites (N-methyl/N-ethyl adjacent to an activating group) is 1. The number of hydrogen-bond acceptors (Lipinski definition) is 3. The summed E-state index contributed by atoms with van der Waals surface area (Å²) in [4.78, 5) is 24.0. The second-order valence-corrected chi connectivity index (χ2v) is 3.77. The molecule has 0 radical (unpaired) electrons. The van der Waals surface area contributed by atoms with Crippen molar-refractivity contribution in [2.24, 2.45) is 5.92 Å². The molecule has 1 atom stereocenters. The van der Waals surface area contributed by atoms with Gasteiger partial charge in [-0.3, -0.25) is 9.59 Å². The number of nitrogens with one attached hydrogen (secondary N) is 1. The normalized spacial score (nSPS) is 11.7. The van der Waals surface area contributed by atoms with Gasteiger partial charge >= 0.3 is 0 Å². The highest BCUT2D eigenvalue weighted by Gasteiger charge is 2.18. The van der Waals surface area contributed by atoms with E-state index in [0.717, 1.165) is 0 Å². The Morgan fingerprint density at radius 1 is 1.40 bits per heavy atom. The molecule has 1 unspecified atom stereocenters. The fraction of sp³-hybridized carbons (Fsp3) is 0.700. The lowest BCUT2D eigenvalue weighted by Crippen LogP contribution is -2.42. The van der Waals surface area contributed by atoms with Crippen LogP contribution in [0.25, 0.3) is 0 Å². The molecule has 0 heterocycles. The van der Waals surface area contributed by atoms with Gasteiger partial charge in [0.1, 0.15) is 5.92 Å². The van der Waals surface area contributed by atoms with Gasteiger partial charge in [0.25, 0.3) is 0 Å². The van der Waals surface area contributed by atoms with Crippen LogP contribution in [0.3, 0.4) is 0 Å². The van der Waals surface area contributed by atoms with Gasteiger partial charge in [-0.2, -0.15) is 5.26 Å². The molecule has 0 aromatic rings. The Balaban J connectivity index is 4.14. The summed E-state index contributed by atoms with van der Waals surface area (Å²) in [7, 11) is 1.51. The molecule has 0 spiro atoms. The summed E-state index contributed by atoms with van der Waals surface area (Å²) in [5.74, 6) is -1.26. The van der Waals surface area contributed by atoms with Gasteiger partial charge < -0.3 is 10.2 Å². The Morgan fingerprint density at radius 2 is 1.93 bits per heavy atom. The van der Waals surface area contributed by atoms with Crippen LogP contribution in [-0.2, 0) is 9.59 Å². The quantitative estimate of drug-likeness (QED) is 0.718. The van der Waals surface area contributed by atoms with Crippen LogP contribution in [0.1, 0.15) is 20.8 Å². The molecule has 0 saturated heterocycles. The van der Waals surface area contributed by atoms with E-state index in [2.05, 4.69) is 5.32 Å². The van der Waals surface area contributed by atoms with E-state index >= 15 is 0 Å². The van der Waals surface area contributed by atoms with Gasteiger partial charge in [0.2, 0.25) is 11.8 Å². The number of hydrogen-bond donors (Lipinski definition) is 1. The Labute approximate surface area is 90.0 Å². The highest BCUT2D eigenvalue weighted by Crippen LogP contribution is 1.98. The highest BCUT2D eigenvalue weighted by molar-refractivity contribution is 5.86. The van der Waals surface area contributed by atoms with Crippen LogP contribution in [-0.4, -0.2) is 36.3 Å². The summed E-state index contributed by atoms with van der Waals surface area (Å²) in [6, 6.07) is 1.89. The van der Waals surface area contributed by atoms with Gasteiger partial charge in [-0.25, -0.2) is 0 Å². The first kappa shape index (κ1) is 13.4. The van der Waals surface area contributed by atoms with Gasteiger partial charge in [0, 0.05) is 13.1 Å². The highest BCUT2D eigenvalue weighted by atomic mass is 16.2. The Hall–Kier alpha value is -1.57. The third-order valence-electron chi connectivity index (χ3n) is 1.77. The number of nitrogens with zero attached hydrogens (tertiary/aromatic N) is 2. The van der Waals surface area contributed by atoms with Crippen LogP contribution in [0.4, 0.5) is 0 Å². The van der Waals surface area contributed by atoms with Crippen LogP contribution in [0.2, 0.25) is 0 Å². The molecule has 5 heteroatoms. The van der Waals surface area contributed by atoms with Crippen molar-refractivity contribution in [2.45, 2.75) is 26.8 Å². The molecule has 0 bridgehead atoms. The van der Waals surface area contributed by atoms with Gasteiger partial charge in [0.05, 0.1) is 12.6 Å². The molecular weight excluding hydrogens is 194 g/mol. The van der Waals surface area contributed by atoms with Crippen molar-refractivity contribution in [3.63, 3.8) is 0 Å². The van der Waals surface area contributed by atoms with Crippen molar-refractivity contribution in [3.05, 3.63) is 0 Å². The van der Waals surface area contributed by atoms with Crippen LogP contribution in [0, 0.1) is 17.2 Å². The molecule has 0 rings (SSSR count). The Morgan fingerprint density at radius 3 is 2.33 bits per heavy atom. The van der Waals surface area contributed by atoms with E-state index in [0.29, 0.717) is 0 Å². The fourth-order valence-electron chi connectivity index (χ4n) is 1.05. The molecule has 0 aromatic carbocycles. The lowest BCUT2D eigenvalue weighted by molar-refractivity contribution is -0.136. The number of carbonyl (C=O) groups excluding carboxylic acids is 2. The second kappa shape index (κ2) is 6.02. The lowest BCUT2D eigenvalue weighted by Gasteiger charge is -2.18. The first-order valence-corrected chi connectivity index (χ1v) is 4.82. The lowest BCUT2D eigenvalue weighted by atomic mass is 10.2. The van der Waals surface area contributed by atoms with Crippen molar-refractivity contribution in [2.75, 3.05) is 13.6 Å². The molecule has 0 aliphatic rings. The van der Waals surface area contributed by atoms with Crippen LogP contribution < -0.4 is 5.32 Å². The van der Waals surface area contributed by atoms with Crippen molar-refractivity contribution in [3.8, 4) is 6.07 Å². The molecule has 84 valence electrons. The monoisotopic (exact) mass is 211 g/mol. The minimum atomic E-state index is -0.707. The van der Waals surface area contributed by atoms with Crippen molar-refractivity contribution in [1.82, 2.24) is 10.2 Å². The van der Waals surface area contributed by atoms with Gasteiger partial charge in [-0.05, 0) is 20.8 Å². The Kier molecular flexibility index (Phi) is 5.39. The van der Waals surface area contributed by atoms with Gasteiger partial charge in [0.15, 0.2) is 0 Å². The van der Waals surface area contributed by atoms with Crippen LogP contribution in [0.15, 0.2) is 0 Å². The number of amides is 2. The van der Waals surface area contributed by atoms with E-state index in [1.54, 1.807) is 0 Å². The zero-order chi connectivity index (χ0) is 12.0. The maximum Gasteiger partial charge on any atom is 0.239 e. The molecule has 0 aliphatic carbocycles. The standard InChI is InChI=1S/C10H17N3O2/c1-7(2)12-9(14)6-13(4)10(15)8(3)5-11/h7-8H,6H2,1-4H3,(H,12,14). The van der Waals surface area contributed by atoms with Crippen molar-refractivity contribution in [1.29, 1.82) is 5.26 Å². The number of nitriles is 1. The summed E-state index contributed by atoms with van der Waals surface area (Å²) in [5.41, 5.74) is 0. The first-order valence-electron chi connectivity index (χ1n) is 4.82. The van der Waals surface area contributed by atoms with E-state index in [1.165, 1.54) is 18.9 Å². The summed E-state index contributed by atoms with van der Waals surface area (Å²) >= 11 is 0. The largest absolute Gasteiger partial charge is 0.352 e. The van der Waals surface area contributed by atoms with Crippen LogP contribution in [0.5, 0.6) is 0 Å². The summed E-state index contributed by atoms with van der Waals surface area (Å²) < 4.78 is 0. The van der Waals surface area contributed by atoms with E-state index in [9.17, 15) is 9.59 Å². The fourth-order valence-corrected chi connectivity index (χ4v) is 1.05. The van der Waals surface area contributed by atoms with Crippen molar-refractivity contribution < 1.29 is 9.59 Å². The van der Waals surface area contributed by atoms with E-state index in [4.69, 9.17) is 5.26 Å². The molecule has 2 amide bonds. The third-order valence-corrected chi connectivity index (χ3v) is 1.77. The summed E-state index contributed by atoms with van der Waals surface area (Å²) in [6.45, 7) is 5.19. The topological polar surface area (TPSA) is 73.2 Å². The average Bonchev–Trinajstić information content (AvgIpc) is 2.13. The molecule has 0 aliphatic heterocycles. The second-order valence-electron chi connectivity index (χ2n) is 3.77.